The van der Waals surface area contributed by atoms with Crippen molar-refractivity contribution in [3.05, 3.63) is 46.4 Å². The van der Waals surface area contributed by atoms with E-state index in [9.17, 15) is 4.79 Å². The highest BCUT2D eigenvalue weighted by Crippen LogP contribution is 2.31. The molecule has 2 aliphatic heterocycles. The largest absolute Gasteiger partial charge is 0.494 e. The number of hydrogen-bond acceptors (Lipinski definition) is 8. The number of imidazole rings is 1. The molecule has 164 valence electrons. The van der Waals surface area contributed by atoms with Crippen molar-refractivity contribution in [2.45, 2.75) is 38.1 Å². The monoisotopic (exact) mass is 425 g/mol. The van der Waals surface area contributed by atoms with Gasteiger partial charge in [0.2, 0.25) is 0 Å². The van der Waals surface area contributed by atoms with E-state index in [0.717, 1.165) is 56.6 Å². The van der Waals surface area contributed by atoms with Crippen LogP contribution in [0.4, 0.5) is 0 Å². The zero-order valence-electron chi connectivity index (χ0n) is 17.8. The van der Waals surface area contributed by atoms with Crippen molar-refractivity contribution in [3.8, 4) is 5.75 Å². The molecule has 2 unspecified atom stereocenters. The molecule has 3 aromatic heterocycles. The van der Waals surface area contributed by atoms with Gasteiger partial charge in [-0.2, -0.15) is 5.10 Å². The van der Waals surface area contributed by atoms with Gasteiger partial charge in [0.05, 0.1) is 32.2 Å². The van der Waals surface area contributed by atoms with Crippen LogP contribution in [0.3, 0.4) is 0 Å². The molecule has 0 spiro atoms. The van der Waals surface area contributed by atoms with Gasteiger partial charge in [0.15, 0.2) is 11.3 Å². The number of likely N-dealkylation sites (tertiary alicyclic amines) is 1. The third kappa shape index (κ3) is 3.92. The summed E-state index contributed by atoms with van der Waals surface area (Å²) >= 11 is 0. The first-order chi connectivity index (χ1) is 15.1. The van der Waals surface area contributed by atoms with Gasteiger partial charge in [-0.1, -0.05) is 6.92 Å². The van der Waals surface area contributed by atoms with Gasteiger partial charge in [-0.25, -0.2) is 19.5 Å². The Balaban J connectivity index is 1.38. The van der Waals surface area contributed by atoms with Crippen molar-refractivity contribution >= 4 is 5.52 Å². The Hall–Kier alpha value is -2.85. The van der Waals surface area contributed by atoms with Crippen LogP contribution in [-0.2, 0) is 11.3 Å². The molecule has 0 radical (unpaired) electrons. The summed E-state index contributed by atoms with van der Waals surface area (Å²) in [6, 6.07) is 0. The van der Waals surface area contributed by atoms with Crippen LogP contribution in [0, 0.1) is 5.92 Å². The summed E-state index contributed by atoms with van der Waals surface area (Å²) in [5.41, 5.74) is 0.360. The van der Waals surface area contributed by atoms with Crippen LogP contribution < -0.4 is 10.3 Å². The lowest BCUT2D eigenvalue weighted by molar-refractivity contribution is 0.0832. The second-order valence-corrected chi connectivity index (χ2v) is 8.46. The highest BCUT2D eigenvalue weighted by Gasteiger charge is 2.34. The van der Waals surface area contributed by atoms with Crippen LogP contribution in [0.25, 0.3) is 5.52 Å². The fourth-order valence-electron chi connectivity index (χ4n) is 4.62. The topological polar surface area (TPSA) is 111 Å². The Morgan fingerprint density at radius 3 is 2.68 bits per heavy atom. The lowest BCUT2D eigenvalue weighted by Gasteiger charge is -2.21. The molecule has 5 rings (SSSR count). The summed E-state index contributed by atoms with van der Waals surface area (Å²) in [6.45, 7) is 5.95. The minimum atomic E-state index is -0.139. The van der Waals surface area contributed by atoms with E-state index in [1.807, 2.05) is 0 Å². The molecule has 0 bridgehead atoms. The molecule has 1 N–H and O–H groups in total. The number of methoxy groups -OCH3 is 1. The molecule has 0 amide bonds. The third-order valence-electron chi connectivity index (χ3n) is 6.35. The van der Waals surface area contributed by atoms with Gasteiger partial charge >= 0.3 is 0 Å². The first kappa shape index (κ1) is 20.1. The van der Waals surface area contributed by atoms with Crippen molar-refractivity contribution in [1.29, 1.82) is 0 Å². The van der Waals surface area contributed by atoms with Crippen molar-refractivity contribution in [2.75, 3.05) is 33.4 Å². The number of fused-ring (bicyclic) bond motifs is 1. The molecule has 2 fully saturated rings. The van der Waals surface area contributed by atoms with Crippen molar-refractivity contribution < 1.29 is 9.47 Å². The minimum absolute atomic E-state index is 0.125. The summed E-state index contributed by atoms with van der Waals surface area (Å²) < 4.78 is 12.4. The predicted molar refractivity (Wildman–Crippen MR) is 112 cm³/mol. The SMILES string of the molecule is COc1cnc(CN2CC(C)C(c3nn4c(C5CCOCC5)ncc4c(=O)[nH]3)C2)nc1. The summed E-state index contributed by atoms with van der Waals surface area (Å²) in [4.78, 5) is 31.4. The lowest BCUT2D eigenvalue weighted by atomic mass is 9.97. The van der Waals surface area contributed by atoms with Crippen LogP contribution in [0.2, 0.25) is 0 Å². The molecule has 2 atom stereocenters. The quantitative estimate of drug-likeness (QED) is 0.652. The number of nitrogens with zero attached hydrogens (tertiary/aromatic N) is 6. The Labute approximate surface area is 179 Å². The summed E-state index contributed by atoms with van der Waals surface area (Å²) in [5, 5.41) is 4.85. The first-order valence-corrected chi connectivity index (χ1v) is 10.7. The molecule has 2 saturated heterocycles. The molecule has 0 aromatic carbocycles. The molecule has 3 aromatic rings. The zero-order valence-corrected chi connectivity index (χ0v) is 17.8. The first-order valence-electron chi connectivity index (χ1n) is 10.7. The second-order valence-electron chi connectivity index (χ2n) is 8.46. The summed E-state index contributed by atoms with van der Waals surface area (Å²) in [5.74, 6) is 3.71. The number of hydrogen-bond donors (Lipinski definition) is 1. The number of aromatic nitrogens is 6. The molecule has 10 heteroatoms. The number of H-pyrrole nitrogens is 1. The molecule has 5 heterocycles. The lowest BCUT2D eigenvalue weighted by Crippen LogP contribution is -2.24. The summed E-state index contributed by atoms with van der Waals surface area (Å²) in [7, 11) is 1.60. The van der Waals surface area contributed by atoms with Crippen LogP contribution in [-0.4, -0.2) is 67.9 Å². The maximum absolute atomic E-state index is 12.8. The van der Waals surface area contributed by atoms with Crippen LogP contribution in [0.1, 0.15) is 49.1 Å². The molecule has 2 aliphatic rings. The molecule has 0 aliphatic carbocycles. The average molecular weight is 425 g/mol. The van der Waals surface area contributed by atoms with E-state index in [-0.39, 0.29) is 17.4 Å². The maximum atomic E-state index is 12.8. The third-order valence-corrected chi connectivity index (χ3v) is 6.35. The predicted octanol–water partition coefficient (Wildman–Crippen LogP) is 1.35. The fraction of sp³-hybridized carbons (Fsp3) is 0.571. The maximum Gasteiger partial charge on any atom is 0.276 e. The van der Waals surface area contributed by atoms with Gasteiger partial charge in [-0.05, 0) is 18.8 Å². The smallest absolute Gasteiger partial charge is 0.276 e. The number of ether oxygens (including phenoxy) is 2. The zero-order chi connectivity index (χ0) is 21.4. The van der Waals surface area contributed by atoms with Crippen LogP contribution in [0.5, 0.6) is 5.75 Å². The van der Waals surface area contributed by atoms with Gasteiger partial charge in [0.1, 0.15) is 17.5 Å². The van der Waals surface area contributed by atoms with E-state index in [4.69, 9.17) is 14.6 Å². The molecular formula is C21H27N7O3. The van der Waals surface area contributed by atoms with Crippen LogP contribution >= 0.6 is 0 Å². The number of rotatable bonds is 5. The molecular weight excluding hydrogens is 398 g/mol. The van der Waals surface area contributed by atoms with Crippen molar-refractivity contribution in [3.63, 3.8) is 0 Å². The van der Waals surface area contributed by atoms with Gasteiger partial charge in [-0.3, -0.25) is 9.69 Å². The van der Waals surface area contributed by atoms with E-state index >= 15 is 0 Å². The molecule has 31 heavy (non-hydrogen) atoms. The average Bonchev–Trinajstić information content (AvgIpc) is 3.38. The van der Waals surface area contributed by atoms with Gasteiger partial charge in [0, 0.05) is 38.1 Å². The van der Waals surface area contributed by atoms with E-state index in [2.05, 4.69) is 31.8 Å². The van der Waals surface area contributed by atoms with Gasteiger partial charge in [0.25, 0.3) is 5.56 Å². The standard InChI is InChI=1S/C21H27N7O3/c1-13-10-27(12-18-22-7-15(30-2)8-23-18)11-16(13)19-25-21(29)17-9-24-20(28(17)26-19)14-3-5-31-6-4-14/h7-9,13-14,16H,3-6,10-12H2,1-2H3,(H,25,26,29). The van der Waals surface area contributed by atoms with Gasteiger partial charge in [-0.15, -0.1) is 0 Å². The van der Waals surface area contributed by atoms with E-state index in [1.54, 1.807) is 30.2 Å². The number of aromatic amines is 1. The Bertz CT molecular complexity index is 1100. The number of nitrogens with one attached hydrogen (secondary N) is 1. The fourth-order valence-corrected chi connectivity index (χ4v) is 4.62. The van der Waals surface area contributed by atoms with E-state index < -0.39 is 0 Å². The highest BCUT2D eigenvalue weighted by atomic mass is 16.5. The summed E-state index contributed by atoms with van der Waals surface area (Å²) in [6.07, 6.45) is 6.80. The van der Waals surface area contributed by atoms with Gasteiger partial charge < -0.3 is 14.5 Å². The minimum Gasteiger partial charge on any atom is -0.494 e. The Kier molecular flexibility index (Phi) is 5.41. The second kappa shape index (κ2) is 8.35. The molecule has 0 saturated carbocycles. The van der Waals surface area contributed by atoms with Crippen LogP contribution in [0.15, 0.2) is 23.4 Å². The Morgan fingerprint density at radius 2 is 1.94 bits per heavy atom. The molecule has 10 nitrogen and oxygen atoms in total. The van der Waals surface area contributed by atoms with Crippen molar-refractivity contribution in [1.82, 2.24) is 34.4 Å². The van der Waals surface area contributed by atoms with E-state index in [0.29, 0.717) is 23.7 Å². The van der Waals surface area contributed by atoms with Crippen molar-refractivity contribution in [2.24, 2.45) is 5.92 Å². The normalized spacial score (nSPS) is 22.9. The Morgan fingerprint density at radius 1 is 1.16 bits per heavy atom. The van der Waals surface area contributed by atoms with E-state index in [1.165, 1.54) is 0 Å². The highest BCUT2D eigenvalue weighted by molar-refractivity contribution is 5.42.